The fraction of sp³-hybridized carbons (Fsp3) is 0.421. The van der Waals surface area contributed by atoms with Crippen molar-refractivity contribution < 1.29 is 14.3 Å². The number of ether oxygens (including phenoxy) is 1. The third-order valence-corrected chi connectivity index (χ3v) is 4.40. The number of aryl methyl sites for hydroxylation is 1. The van der Waals surface area contributed by atoms with Gasteiger partial charge in [0, 0.05) is 44.0 Å². The molecule has 1 unspecified atom stereocenters. The van der Waals surface area contributed by atoms with Crippen LogP contribution < -0.4 is 0 Å². The first kappa shape index (κ1) is 17.2. The quantitative estimate of drug-likeness (QED) is 0.598. The maximum atomic E-state index is 12.5. The summed E-state index contributed by atoms with van der Waals surface area (Å²) < 4.78 is 7.21. The molecular formula is C19H23N3O3. The second-order valence-corrected chi connectivity index (χ2v) is 6.25. The van der Waals surface area contributed by atoms with Crippen LogP contribution in [0.5, 0.6) is 0 Å². The minimum atomic E-state index is -0.230. The minimum Gasteiger partial charge on any atom is -0.465 e. The second kappa shape index (κ2) is 8.46. The number of carbonyl (C=O) groups is 2. The van der Waals surface area contributed by atoms with Gasteiger partial charge in [0.1, 0.15) is 0 Å². The SMILES string of the molecule is O=C(OCCCn1cccn1)C1CCCN(C(=O)c2ccccc2)C1. The molecule has 1 saturated heterocycles. The lowest BCUT2D eigenvalue weighted by atomic mass is 9.97. The Morgan fingerprint density at radius 3 is 2.80 bits per heavy atom. The Kier molecular flexibility index (Phi) is 5.82. The molecule has 0 bridgehead atoms. The number of piperidine rings is 1. The summed E-state index contributed by atoms with van der Waals surface area (Å²) in [5.74, 6) is -0.450. The van der Waals surface area contributed by atoms with E-state index in [4.69, 9.17) is 4.74 Å². The number of hydrogen-bond acceptors (Lipinski definition) is 4. The van der Waals surface area contributed by atoms with Gasteiger partial charge in [-0.05, 0) is 31.0 Å². The van der Waals surface area contributed by atoms with E-state index < -0.39 is 0 Å². The average Bonchev–Trinajstić information content (AvgIpc) is 3.19. The van der Waals surface area contributed by atoms with E-state index in [1.807, 2.05) is 35.1 Å². The number of esters is 1. The first-order valence-electron chi connectivity index (χ1n) is 8.72. The van der Waals surface area contributed by atoms with Crippen LogP contribution in [0.15, 0.2) is 48.8 Å². The molecule has 6 nitrogen and oxygen atoms in total. The first-order valence-corrected chi connectivity index (χ1v) is 8.72. The van der Waals surface area contributed by atoms with Gasteiger partial charge in [0.05, 0.1) is 12.5 Å². The molecule has 1 aromatic heterocycles. The summed E-state index contributed by atoms with van der Waals surface area (Å²) in [7, 11) is 0. The van der Waals surface area contributed by atoms with E-state index in [-0.39, 0.29) is 17.8 Å². The molecule has 25 heavy (non-hydrogen) atoms. The molecule has 1 fully saturated rings. The Morgan fingerprint density at radius 1 is 1.20 bits per heavy atom. The number of amides is 1. The van der Waals surface area contributed by atoms with E-state index in [0.717, 1.165) is 25.8 Å². The summed E-state index contributed by atoms with van der Waals surface area (Å²) in [6, 6.07) is 11.1. The van der Waals surface area contributed by atoms with Crippen LogP contribution in [0.1, 0.15) is 29.6 Å². The summed E-state index contributed by atoms with van der Waals surface area (Å²) in [5.41, 5.74) is 0.663. The van der Waals surface area contributed by atoms with Gasteiger partial charge in [-0.25, -0.2) is 0 Å². The van der Waals surface area contributed by atoms with Crippen molar-refractivity contribution in [3.8, 4) is 0 Å². The van der Waals surface area contributed by atoms with Crippen molar-refractivity contribution in [1.29, 1.82) is 0 Å². The van der Waals surface area contributed by atoms with Gasteiger partial charge in [-0.1, -0.05) is 18.2 Å². The van der Waals surface area contributed by atoms with Gasteiger partial charge in [-0.15, -0.1) is 0 Å². The van der Waals surface area contributed by atoms with Crippen molar-refractivity contribution in [2.24, 2.45) is 5.92 Å². The molecule has 1 atom stereocenters. The monoisotopic (exact) mass is 341 g/mol. The Hall–Kier alpha value is -2.63. The van der Waals surface area contributed by atoms with Crippen LogP contribution in [0.3, 0.4) is 0 Å². The van der Waals surface area contributed by atoms with Gasteiger partial charge < -0.3 is 9.64 Å². The highest BCUT2D eigenvalue weighted by atomic mass is 16.5. The van der Waals surface area contributed by atoms with Gasteiger partial charge >= 0.3 is 5.97 Å². The average molecular weight is 341 g/mol. The molecular weight excluding hydrogens is 318 g/mol. The van der Waals surface area contributed by atoms with E-state index in [1.54, 1.807) is 23.2 Å². The number of benzene rings is 1. The summed E-state index contributed by atoms with van der Waals surface area (Å²) in [6.07, 6.45) is 5.94. The molecule has 6 heteroatoms. The predicted octanol–water partition coefficient (Wildman–Crippen LogP) is 2.37. The molecule has 0 spiro atoms. The largest absolute Gasteiger partial charge is 0.465 e. The zero-order valence-corrected chi connectivity index (χ0v) is 14.2. The molecule has 2 heterocycles. The van der Waals surface area contributed by atoms with Gasteiger partial charge in [0.15, 0.2) is 0 Å². The Labute approximate surface area is 147 Å². The number of hydrogen-bond donors (Lipinski definition) is 0. The molecule has 132 valence electrons. The lowest BCUT2D eigenvalue weighted by Gasteiger charge is -2.31. The number of nitrogens with zero attached hydrogens (tertiary/aromatic N) is 3. The van der Waals surface area contributed by atoms with Crippen LogP contribution in [0, 0.1) is 5.92 Å². The Morgan fingerprint density at radius 2 is 2.04 bits per heavy atom. The molecule has 1 amide bonds. The molecule has 3 rings (SSSR count). The van der Waals surface area contributed by atoms with Crippen LogP contribution in [0.4, 0.5) is 0 Å². The van der Waals surface area contributed by atoms with E-state index in [1.165, 1.54) is 0 Å². The van der Waals surface area contributed by atoms with Crippen molar-refractivity contribution in [2.75, 3.05) is 19.7 Å². The molecule has 2 aromatic rings. The van der Waals surface area contributed by atoms with E-state index in [9.17, 15) is 9.59 Å². The normalized spacial score (nSPS) is 17.3. The maximum Gasteiger partial charge on any atom is 0.310 e. The van der Waals surface area contributed by atoms with Gasteiger partial charge in [-0.3, -0.25) is 14.3 Å². The third-order valence-electron chi connectivity index (χ3n) is 4.40. The highest BCUT2D eigenvalue weighted by molar-refractivity contribution is 5.94. The molecule has 1 aliphatic rings. The molecule has 1 aromatic carbocycles. The van der Waals surface area contributed by atoms with Crippen molar-refractivity contribution in [2.45, 2.75) is 25.8 Å². The van der Waals surface area contributed by atoms with Crippen LogP contribution in [0.25, 0.3) is 0 Å². The number of aromatic nitrogens is 2. The Bertz CT molecular complexity index is 685. The van der Waals surface area contributed by atoms with Gasteiger partial charge in [0.2, 0.25) is 0 Å². The summed E-state index contributed by atoms with van der Waals surface area (Å²) >= 11 is 0. The smallest absolute Gasteiger partial charge is 0.310 e. The number of carbonyl (C=O) groups excluding carboxylic acids is 2. The zero-order chi connectivity index (χ0) is 17.5. The summed E-state index contributed by atoms with van der Waals surface area (Å²) in [5, 5.41) is 4.11. The highest BCUT2D eigenvalue weighted by Gasteiger charge is 2.29. The Balaban J connectivity index is 1.45. The van der Waals surface area contributed by atoms with Crippen LogP contribution in [0.2, 0.25) is 0 Å². The number of rotatable bonds is 6. The number of likely N-dealkylation sites (tertiary alicyclic amines) is 1. The van der Waals surface area contributed by atoms with Crippen LogP contribution in [-0.4, -0.2) is 46.3 Å². The summed E-state index contributed by atoms with van der Waals surface area (Å²) in [4.78, 5) is 26.6. The van der Waals surface area contributed by atoms with E-state index in [0.29, 0.717) is 25.3 Å². The second-order valence-electron chi connectivity index (χ2n) is 6.25. The summed E-state index contributed by atoms with van der Waals surface area (Å²) in [6.45, 7) is 2.23. The fourth-order valence-corrected chi connectivity index (χ4v) is 3.07. The van der Waals surface area contributed by atoms with Crippen molar-refractivity contribution in [3.63, 3.8) is 0 Å². The third kappa shape index (κ3) is 4.68. The highest BCUT2D eigenvalue weighted by Crippen LogP contribution is 2.20. The molecule has 1 aliphatic heterocycles. The molecule has 0 radical (unpaired) electrons. The molecule has 0 N–H and O–H groups in total. The standard InChI is InChI=1S/C19H23N3O3/c23-18(16-7-2-1-3-8-16)21-11-4-9-17(15-21)19(24)25-14-6-13-22-12-5-10-20-22/h1-3,5,7-8,10,12,17H,4,6,9,11,13-15H2. The van der Waals surface area contributed by atoms with E-state index in [2.05, 4.69) is 5.10 Å². The first-order chi connectivity index (χ1) is 12.2. The van der Waals surface area contributed by atoms with E-state index >= 15 is 0 Å². The lowest BCUT2D eigenvalue weighted by molar-refractivity contribution is -0.150. The van der Waals surface area contributed by atoms with Crippen molar-refractivity contribution in [3.05, 3.63) is 54.4 Å². The van der Waals surface area contributed by atoms with Crippen molar-refractivity contribution >= 4 is 11.9 Å². The van der Waals surface area contributed by atoms with Gasteiger partial charge in [0.25, 0.3) is 5.91 Å². The van der Waals surface area contributed by atoms with Crippen LogP contribution >= 0.6 is 0 Å². The lowest BCUT2D eigenvalue weighted by Crippen LogP contribution is -2.42. The maximum absolute atomic E-state index is 12.5. The van der Waals surface area contributed by atoms with Crippen molar-refractivity contribution in [1.82, 2.24) is 14.7 Å². The molecule has 0 aliphatic carbocycles. The molecule has 0 saturated carbocycles. The van der Waals surface area contributed by atoms with Crippen LogP contribution in [-0.2, 0) is 16.1 Å². The minimum absolute atomic E-state index is 0.0169. The zero-order valence-electron chi connectivity index (χ0n) is 14.2. The predicted molar refractivity (Wildman–Crippen MR) is 92.9 cm³/mol. The fourth-order valence-electron chi connectivity index (χ4n) is 3.07. The topological polar surface area (TPSA) is 64.4 Å². The van der Waals surface area contributed by atoms with Gasteiger partial charge in [-0.2, -0.15) is 5.10 Å².